The number of methoxy groups -OCH3 is 1. The highest BCUT2D eigenvalue weighted by atomic mass is 16.5. The summed E-state index contributed by atoms with van der Waals surface area (Å²) in [4.78, 5) is 0. The van der Waals surface area contributed by atoms with Crippen LogP contribution in [0.25, 0.3) is 0 Å². The lowest BCUT2D eigenvalue weighted by atomic mass is 10.0. The highest BCUT2D eigenvalue weighted by Gasteiger charge is 2.19. The van der Waals surface area contributed by atoms with E-state index in [1.807, 2.05) is 0 Å². The van der Waals surface area contributed by atoms with E-state index in [9.17, 15) is 0 Å². The van der Waals surface area contributed by atoms with Gasteiger partial charge >= 0.3 is 0 Å². The third-order valence-electron chi connectivity index (χ3n) is 2.74. The van der Waals surface area contributed by atoms with E-state index in [0.717, 1.165) is 25.5 Å². The Hall–Kier alpha value is -1.06. The molecule has 0 aliphatic carbocycles. The fourth-order valence-corrected chi connectivity index (χ4v) is 1.99. The molecule has 1 heterocycles. The van der Waals surface area contributed by atoms with Gasteiger partial charge in [0, 0.05) is 12.1 Å². The summed E-state index contributed by atoms with van der Waals surface area (Å²) >= 11 is 0. The first-order valence-corrected chi connectivity index (χ1v) is 5.27. The van der Waals surface area contributed by atoms with Crippen molar-refractivity contribution in [3.8, 4) is 5.75 Å². The van der Waals surface area contributed by atoms with Gasteiger partial charge in [0.05, 0.1) is 26.4 Å². The van der Waals surface area contributed by atoms with Crippen LogP contribution < -0.4 is 10.1 Å². The summed E-state index contributed by atoms with van der Waals surface area (Å²) < 4.78 is 10.9. The number of aryl methyl sites for hydroxylation is 1. The summed E-state index contributed by atoms with van der Waals surface area (Å²) in [7, 11) is 1.72. The van der Waals surface area contributed by atoms with E-state index >= 15 is 0 Å². The summed E-state index contributed by atoms with van der Waals surface area (Å²) in [6, 6.07) is 6.47. The molecule has 2 rings (SSSR count). The minimum atomic E-state index is 0.258. The maximum absolute atomic E-state index is 5.46. The van der Waals surface area contributed by atoms with Crippen LogP contribution in [0.4, 0.5) is 0 Å². The summed E-state index contributed by atoms with van der Waals surface area (Å²) in [5.74, 6) is 0.973. The Bertz CT molecular complexity index is 332. The zero-order valence-corrected chi connectivity index (χ0v) is 9.25. The topological polar surface area (TPSA) is 30.5 Å². The molecule has 82 valence electrons. The summed E-state index contributed by atoms with van der Waals surface area (Å²) in [6.45, 7) is 4.48. The lowest BCUT2D eigenvalue weighted by Gasteiger charge is -2.26. The van der Waals surface area contributed by atoms with Crippen molar-refractivity contribution in [2.75, 3.05) is 26.9 Å². The summed E-state index contributed by atoms with van der Waals surface area (Å²) in [6.07, 6.45) is 0. The molecular weight excluding hydrogens is 190 g/mol. The number of rotatable bonds is 2. The van der Waals surface area contributed by atoms with Gasteiger partial charge in [-0.3, -0.25) is 0 Å². The molecule has 0 saturated carbocycles. The minimum absolute atomic E-state index is 0.258. The second-order valence-corrected chi connectivity index (χ2v) is 3.78. The van der Waals surface area contributed by atoms with E-state index in [4.69, 9.17) is 9.47 Å². The Labute approximate surface area is 90.4 Å². The lowest BCUT2D eigenvalue weighted by molar-refractivity contribution is 0.0760. The van der Waals surface area contributed by atoms with Crippen molar-refractivity contribution >= 4 is 0 Å². The van der Waals surface area contributed by atoms with Crippen molar-refractivity contribution in [2.24, 2.45) is 0 Å². The molecule has 0 bridgehead atoms. The fourth-order valence-electron chi connectivity index (χ4n) is 1.99. The van der Waals surface area contributed by atoms with Gasteiger partial charge in [0.2, 0.25) is 0 Å². The van der Waals surface area contributed by atoms with Crippen LogP contribution in [0, 0.1) is 6.92 Å². The zero-order chi connectivity index (χ0) is 10.7. The first-order chi connectivity index (χ1) is 7.33. The van der Waals surface area contributed by atoms with Crippen molar-refractivity contribution in [1.29, 1.82) is 0 Å². The minimum Gasteiger partial charge on any atom is -0.496 e. The molecule has 15 heavy (non-hydrogen) atoms. The number of para-hydroxylation sites is 1. The van der Waals surface area contributed by atoms with Crippen LogP contribution in [0.1, 0.15) is 17.2 Å². The summed E-state index contributed by atoms with van der Waals surface area (Å²) in [5.41, 5.74) is 2.36. The van der Waals surface area contributed by atoms with Crippen molar-refractivity contribution in [1.82, 2.24) is 5.32 Å². The molecule has 1 aromatic rings. The fraction of sp³-hybridized carbons (Fsp3) is 0.500. The monoisotopic (exact) mass is 207 g/mol. The Balaban J connectivity index is 2.29. The first-order valence-electron chi connectivity index (χ1n) is 5.27. The van der Waals surface area contributed by atoms with Gasteiger partial charge in [0.1, 0.15) is 5.75 Å². The molecule has 1 aliphatic rings. The highest BCUT2D eigenvalue weighted by molar-refractivity contribution is 5.42. The van der Waals surface area contributed by atoms with E-state index in [2.05, 4.69) is 30.4 Å². The van der Waals surface area contributed by atoms with Crippen LogP contribution >= 0.6 is 0 Å². The molecule has 1 saturated heterocycles. The van der Waals surface area contributed by atoms with E-state index in [1.54, 1.807) is 7.11 Å². The van der Waals surface area contributed by atoms with Gasteiger partial charge in [0.25, 0.3) is 0 Å². The quantitative estimate of drug-likeness (QED) is 0.800. The first kappa shape index (κ1) is 10.5. The number of hydrogen-bond acceptors (Lipinski definition) is 3. The number of morpholine rings is 1. The van der Waals surface area contributed by atoms with Crippen LogP contribution in [-0.2, 0) is 4.74 Å². The normalized spacial score (nSPS) is 21.3. The molecule has 0 amide bonds. The predicted octanol–water partition coefficient (Wildman–Crippen LogP) is 1.66. The molecule has 1 atom stereocenters. The molecular formula is C12H17NO2. The van der Waals surface area contributed by atoms with E-state index in [0.29, 0.717) is 0 Å². The molecule has 1 unspecified atom stereocenters. The maximum Gasteiger partial charge on any atom is 0.126 e. The van der Waals surface area contributed by atoms with Crippen molar-refractivity contribution in [3.63, 3.8) is 0 Å². The average Bonchev–Trinajstić information content (AvgIpc) is 2.30. The van der Waals surface area contributed by atoms with Gasteiger partial charge < -0.3 is 14.8 Å². The molecule has 0 radical (unpaired) electrons. The molecule has 1 N–H and O–H groups in total. The second-order valence-electron chi connectivity index (χ2n) is 3.78. The van der Waals surface area contributed by atoms with Crippen molar-refractivity contribution in [2.45, 2.75) is 13.0 Å². The SMILES string of the molecule is COc1c(C)cccc1C1COCCN1. The van der Waals surface area contributed by atoms with Gasteiger partial charge in [-0.1, -0.05) is 18.2 Å². The zero-order valence-electron chi connectivity index (χ0n) is 9.25. The van der Waals surface area contributed by atoms with Gasteiger partial charge in [-0.05, 0) is 12.5 Å². The van der Waals surface area contributed by atoms with Gasteiger partial charge in [0.15, 0.2) is 0 Å². The van der Waals surface area contributed by atoms with Crippen molar-refractivity contribution < 1.29 is 9.47 Å². The van der Waals surface area contributed by atoms with Crippen LogP contribution in [0.2, 0.25) is 0 Å². The Morgan fingerprint density at radius 1 is 1.47 bits per heavy atom. The van der Waals surface area contributed by atoms with Gasteiger partial charge in [-0.15, -0.1) is 0 Å². The standard InChI is InChI=1S/C12H17NO2/c1-9-4-3-5-10(12(9)14-2)11-8-15-7-6-13-11/h3-5,11,13H,6-8H2,1-2H3. The molecule has 3 nitrogen and oxygen atoms in total. The van der Waals surface area contributed by atoms with Gasteiger partial charge in [-0.2, -0.15) is 0 Å². The van der Waals surface area contributed by atoms with Crippen LogP contribution in [0.3, 0.4) is 0 Å². The number of benzene rings is 1. The predicted molar refractivity (Wildman–Crippen MR) is 59.3 cm³/mol. The Kier molecular flexibility index (Phi) is 3.23. The summed E-state index contributed by atoms with van der Waals surface area (Å²) in [5, 5.41) is 3.43. The molecule has 3 heteroatoms. The molecule has 1 fully saturated rings. The van der Waals surface area contributed by atoms with Crippen LogP contribution in [-0.4, -0.2) is 26.9 Å². The van der Waals surface area contributed by atoms with Gasteiger partial charge in [-0.25, -0.2) is 0 Å². The molecule has 1 aliphatic heterocycles. The highest BCUT2D eigenvalue weighted by Crippen LogP contribution is 2.29. The van der Waals surface area contributed by atoms with E-state index in [1.165, 1.54) is 11.1 Å². The third kappa shape index (κ3) is 2.13. The third-order valence-corrected chi connectivity index (χ3v) is 2.74. The van der Waals surface area contributed by atoms with E-state index < -0.39 is 0 Å². The molecule has 0 spiro atoms. The average molecular weight is 207 g/mol. The van der Waals surface area contributed by atoms with Crippen molar-refractivity contribution in [3.05, 3.63) is 29.3 Å². The Morgan fingerprint density at radius 3 is 3.00 bits per heavy atom. The number of ether oxygens (including phenoxy) is 2. The number of hydrogen-bond donors (Lipinski definition) is 1. The van der Waals surface area contributed by atoms with E-state index in [-0.39, 0.29) is 6.04 Å². The van der Waals surface area contributed by atoms with Crippen LogP contribution in [0.15, 0.2) is 18.2 Å². The Morgan fingerprint density at radius 2 is 2.33 bits per heavy atom. The smallest absolute Gasteiger partial charge is 0.126 e. The molecule has 1 aromatic carbocycles. The maximum atomic E-state index is 5.46. The second kappa shape index (κ2) is 4.64. The molecule has 0 aromatic heterocycles. The largest absolute Gasteiger partial charge is 0.496 e. The lowest BCUT2D eigenvalue weighted by Crippen LogP contribution is -2.34. The number of nitrogens with one attached hydrogen (secondary N) is 1. The van der Waals surface area contributed by atoms with Crippen LogP contribution in [0.5, 0.6) is 5.75 Å².